The Balaban J connectivity index is 0.00000200. The average molecular weight is 303 g/mol. The number of hydrogen-bond donors (Lipinski definition) is 3. The molecule has 1 amide bonds. The molecule has 0 radical (unpaired) electrons. The third-order valence-electron chi connectivity index (χ3n) is 3.09. The Hall–Kier alpha value is -1.60. The lowest BCUT2D eigenvalue weighted by atomic mass is 10.1. The molecule has 0 spiro atoms. The van der Waals surface area contributed by atoms with Crippen molar-refractivity contribution in [3.63, 3.8) is 0 Å². The van der Waals surface area contributed by atoms with Gasteiger partial charge >= 0.3 is 5.97 Å². The molecule has 7 nitrogen and oxygen atoms in total. The van der Waals surface area contributed by atoms with Crippen LogP contribution in [-0.2, 0) is 22.5 Å². The molecule has 0 unspecified atom stereocenters. The van der Waals surface area contributed by atoms with Gasteiger partial charge in [-0.15, -0.1) is 12.4 Å². The molecular formula is C12H19ClN4O3. The van der Waals surface area contributed by atoms with E-state index in [9.17, 15) is 9.59 Å². The summed E-state index contributed by atoms with van der Waals surface area (Å²) < 4.78 is 4.53. The fourth-order valence-corrected chi connectivity index (χ4v) is 2.03. The van der Waals surface area contributed by atoms with E-state index in [0.717, 1.165) is 24.2 Å². The summed E-state index contributed by atoms with van der Waals surface area (Å²) in [6.07, 6.45) is 1.72. The topological polar surface area (TPSA) is 96.1 Å². The van der Waals surface area contributed by atoms with Crippen molar-refractivity contribution in [3.05, 3.63) is 17.0 Å². The highest BCUT2D eigenvalue weighted by Gasteiger charge is 2.21. The summed E-state index contributed by atoms with van der Waals surface area (Å²) in [5.74, 6) is -0.471. The van der Waals surface area contributed by atoms with E-state index in [1.165, 1.54) is 7.11 Å². The summed E-state index contributed by atoms with van der Waals surface area (Å²) in [5, 5.41) is 12.9. The zero-order valence-corrected chi connectivity index (χ0v) is 12.1. The summed E-state index contributed by atoms with van der Waals surface area (Å²) in [7, 11) is 1.35. The monoisotopic (exact) mass is 302 g/mol. The molecule has 0 saturated carbocycles. The summed E-state index contributed by atoms with van der Waals surface area (Å²) in [4.78, 5) is 22.9. The van der Waals surface area contributed by atoms with E-state index in [1.807, 2.05) is 0 Å². The van der Waals surface area contributed by atoms with Gasteiger partial charge in [0.05, 0.1) is 7.11 Å². The number of nitrogens with zero attached hydrogens (tertiary/aromatic N) is 1. The third-order valence-corrected chi connectivity index (χ3v) is 3.09. The Labute approximate surface area is 123 Å². The highest BCUT2D eigenvalue weighted by atomic mass is 35.5. The second-order valence-corrected chi connectivity index (χ2v) is 4.39. The second kappa shape index (κ2) is 7.86. The number of ether oxygens (including phenoxy) is 1. The lowest BCUT2D eigenvalue weighted by Crippen LogP contribution is -2.29. The molecular weight excluding hydrogens is 284 g/mol. The first-order chi connectivity index (χ1) is 9.22. The molecule has 1 aromatic heterocycles. The average Bonchev–Trinajstić information content (AvgIpc) is 2.87. The smallest absolute Gasteiger partial charge is 0.305 e. The number of carbonyl (C=O) groups is 2. The molecule has 0 fully saturated rings. The Kier molecular flexibility index (Phi) is 6.47. The van der Waals surface area contributed by atoms with Gasteiger partial charge in [-0.1, -0.05) is 0 Å². The van der Waals surface area contributed by atoms with Crippen molar-refractivity contribution in [1.29, 1.82) is 0 Å². The van der Waals surface area contributed by atoms with Gasteiger partial charge in [0.15, 0.2) is 5.69 Å². The van der Waals surface area contributed by atoms with Crippen LogP contribution >= 0.6 is 12.4 Å². The number of hydrogen-bond acceptors (Lipinski definition) is 5. The van der Waals surface area contributed by atoms with Crippen LogP contribution in [0, 0.1) is 0 Å². The highest BCUT2D eigenvalue weighted by molar-refractivity contribution is 5.94. The number of fused-ring (bicyclic) bond motifs is 1. The van der Waals surface area contributed by atoms with Crippen LogP contribution in [0.25, 0.3) is 0 Å². The molecule has 0 atom stereocenters. The van der Waals surface area contributed by atoms with Crippen LogP contribution in [0.2, 0.25) is 0 Å². The maximum Gasteiger partial charge on any atom is 0.305 e. The van der Waals surface area contributed by atoms with E-state index in [2.05, 4.69) is 25.6 Å². The SMILES string of the molecule is COC(=O)CCCNC(=O)c1n[nH]c2c1CNCC2.Cl. The summed E-state index contributed by atoms with van der Waals surface area (Å²) in [5.41, 5.74) is 2.41. The molecule has 1 aliphatic heterocycles. The number of nitrogens with one attached hydrogen (secondary N) is 3. The number of rotatable bonds is 5. The first-order valence-electron chi connectivity index (χ1n) is 6.34. The van der Waals surface area contributed by atoms with Crippen molar-refractivity contribution in [3.8, 4) is 0 Å². The van der Waals surface area contributed by atoms with Crippen molar-refractivity contribution in [2.75, 3.05) is 20.2 Å². The Bertz CT molecular complexity index is 475. The zero-order chi connectivity index (χ0) is 13.7. The molecule has 3 N–H and O–H groups in total. The summed E-state index contributed by atoms with van der Waals surface area (Å²) in [6, 6.07) is 0. The molecule has 112 valence electrons. The van der Waals surface area contributed by atoms with E-state index in [-0.39, 0.29) is 24.3 Å². The van der Waals surface area contributed by atoms with Gasteiger partial charge in [0.25, 0.3) is 5.91 Å². The molecule has 0 bridgehead atoms. The van der Waals surface area contributed by atoms with Gasteiger partial charge in [-0.3, -0.25) is 14.7 Å². The Morgan fingerprint density at radius 1 is 1.45 bits per heavy atom. The molecule has 1 aliphatic rings. The van der Waals surface area contributed by atoms with Gasteiger partial charge < -0.3 is 15.4 Å². The minimum Gasteiger partial charge on any atom is -0.469 e. The second-order valence-electron chi connectivity index (χ2n) is 4.39. The van der Waals surface area contributed by atoms with Crippen LogP contribution in [0.1, 0.15) is 34.6 Å². The van der Waals surface area contributed by atoms with Gasteiger partial charge in [-0.05, 0) is 6.42 Å². The normalized spacial score (nSPS) is 13.1. The maximum atomic E-state index is 12.0. The van der Waals surface area contributed by atoms with Crippen LogP contribution in [0.4, 0.5) is 0 Å². The number of aromatic amines is 1. The molecule has 0 saturated heterocycles. The van der Waals surface area contributed by atoms with Crippen LogP contribution < -0.4 is 10.6 Å². The van der Waals surface area contributed by atoms with E-state index < -0.39 is 0 Å². The van der Waals surface area contributed by atoms with E-state index in [1.54, 1.807) is 0 Å². The molecule has 1 aromatic rings. The van der Waals surface area contributed by atoms with Gasteiger partial charge in [0.2, 0.25) is 0 Å². The molecule has 0 aliphatic carbocycles. The third kappa shape index (κ3) is 3.94. The minimum atomic E-state index is -0.268. The van der Waals surface area contributed by atoms with Crippen molar-refractivity contribution >= 4 is 24.3 Å². The fraction of sp³-hybridized carbons (Fsp3) is 0.583. The number of esters is 1. The van der Waals surface area contributed by atoms with Crippen LogP contribution in [0.3, 0.4) is 0 Å². The first-order valence-corrected chi connectivity index (χ1v) is 6.34. The molecule has 20 heavy (non-hydrogen) atoms. The van der Waals surface area contributed by atoms with Gasteiger partial charge in [0, 0.05) is 43.7 Å². The lowest BCUT2D eigenvalue weighted by molar-refractivity contribution is -0.140. The summed E-state index contributed by atoms with van der Waals surface area (Å²) in [6.45, 7) is 2.00. The quantitative estimate of drug-likeness (QED) is 0.532. The van der Waals surface area contributed by atoms with Crippen LogP contribution in [0.5, 0.6) is 0 Å². The van der Waals surface area contributed by atoms with E-state index >= 15 is 0 Å². The van der Waals surface area contributed by atoms with Crippen LogP contribution in [0.15, 0.2) is 0 Å². The standard InChI is InChI=1S/C12H18N4O3.ClH/c1-19-10(17)3-2-5-14-12(18)11-8-7-13-6-4-9(8)15-16-11;/h13H,2-7H2,1H3,(H,14,18)(H,15,16);1H. The number of carbonyl (C=O) groups excluding carboxylic acids is 2. The number of aromatic nitrogens is 2. The molecule has 0 aromatic carbocycles. The Morgan fingerprint density at radius 3 is 3.00 bits per heavy atom. The van der Waals surface area contributed by atoms with Crippen molar-refractivity contribution in [2.24, 2.45) is 0 Å². The predicted molar refractivity (Wildman–Crippen MR) is 74.8 cm³/mol. The predicted octanol–water partition coefficient (Wildman–Crippen LogP) is 0.160. The molecule has 8 heteroatoms. The summed E-state index contributed by atoms with van der Waals surface area (Å²) >= 11 is 0. The van der Waals surface area contributed by atoms with Gasteiger partial charge in [0.1, 0.15) is 0 Å². The van der Waals surface area contributed by atoms with Gasteiger partial charge in [-0.2, -0.15) is 5.10 Å². The van der Waals surface area contributed by atoms with E-state index in [0.29, 0.717) is 31.6 Å². The molecule has 2 heterocycles. The maximum absolute atomic E-state index is 12.0. The molecule has 2 rings (SSSR count). The van der Waals surface area contributed by atoms with Crippen molar-refractivity contribution in [1.82, 2.24) is 20.8 Å². The van der Waals surface area contributed by atoms with Crippen molar-refractivity contribution in [2.45, 2.75) is 25.8 Å². The number of halogens is 1. The highest BCUT2D eigenvalue weighted by Crippen LogP contribution is 2.14. The van der Waals surface area contributed by atoms with Crippen molar-refractivity contribution < 1.29 is 14.3 Å². The number of H-pyrrole nitrogens is 1. The number of amides is 1. The Morgan fingerprint density at radius 2 is 2.25 bits per heavy atom. The van der Waals surface area contributed by atoms with Gasteiger partial charge in [-0.25, -0.2) is 0 Å². The number of methoxy groups -OCH3 is 1. The zero-order valence-electron chi connectivity index (χ0n) is 11.3. The first kappa shape index (κ1) is 16.5. The van der Waals surface area contributed by atoms with Crippen LogP contribution in [-0.4, -0.2) is 42.3 Å². The fourth-order valence-electron chi connectivity index (χ4n) is 2.03. The lowest BCUT2D eigenvalue weighted by Gasteiger charge is -2.12. The largest absolute Gasteiger partial charge is 0.469 e. The minimum absolute atomic E-state index is 0. The van der Waals surface area contributed by atoms with E-state index in [4.69, 9.17) is 0 Å².